The first-order valence-corrected chi connectivity index (χ1v) is 9.73. The predicted octanol–water partition coefficient (Wildman–Crippen LogP) is 3.25. The summed E-state index contributed by atoms with van der Waals surface area (Å²) in [6, 6.07) is 5.85. The van der Waals surface area contributed by atoms with Crippen molar-refractivity contribution in [3.05, 3.63) is 34.8 Å². The second-order valence-electron chi connectivity index (χ2n) is 6.59. The van der Waals surface area contributed by atoms with Gasteiger partial charge < -0.3 is 11.1 Å². The fourth-order valence-electron chi connectivity index (χ4n) is 3.25. The Morgan fingerprint density at radius 1 is 1.38 bits per heavy atom. The number of carbonyl (C=O) groups is 1. The minimum absolute atomic E-state index is 0.125. The van der Waals surface area contributed by atoms with Gasteiger partial charge >= 0.3 is 0 Å². The number of fused-ring (bicyclic) bond motifs is 1. The van der Waals surface area contributed by atoms with E-state index in [1.165, 1.54) is 0 Å². The van der Waals surface area contributed by atoms with Crippen LogP contribution in [0.3, 0.4) is 0 Å². The minimum atomic E-state index is -0.397. The molecular weight excluding hydrogens is 346 g/mol. The van der Waals surface area contributed by atoms with Crippen molar-refractivity contribution in [2.75, 3.05) is 6.54 Å². The number of hydrogen-bond donors (Lipinski definition) is 2. The summed E-state index contributed by atoms with van der Waals surface area (Å²) in [5, 5.41) is 10.4. The number of thiophene rings is 1. The van der Waals surface area contributed by atoms with E-state index in [-0.39, 0.29) is 5.91 Å². The van der Waals surface area contributed by atoms with Gasteiger partial charge in [0.25, 0.3) is 5.91 Å². The van der Waals surface area contributed by atoms with Crippen LogP contribution in [0.5, 0.6) is 0 Å². The summed E-state index contributed by atoms with van der Waals surface area (Å²) in [5.41, 5.74) is 8.46. The van der Waals surface area contributed by atoms with E-state index >= 15 is 0 Å². The largest absolute Gasteiger partial charge is 0.345 e. The number of rotatable bonds is 6. The Bertz CT molecular complexity index is 917. The van der Waals surface area contributed by atoms with E-state index in [4.69, 9.17) is 10.7 Å². The van der Waals surface area contributed by atoms with Crippen LogP contribution in [0, 0.1) is 6.92 Å². The predicted molar refractivity (Wildman–Crippen MR) is 106 cm³/mol. The molecule has 0 aliphatic carbocycles. The van der Waals surface area contributed by atoms with Crippen molar-refractivity contribution in [3.8, 4) is 10.6 Å². The molecule has 0 saturated carbocycles. The summed E-state index contributed by atoms with van der Waals surface area (Å²) in [4.78, 5) is 19.0. The average Bonchev–Trinajstić information content (AvgIpc) is 3.28. The Labute approximate surface area is 157 Å². The standard InChI is InChI=1S/C19H25N5OS/c1-5-19(6-2,11-20)22-18(25)13-10-14(15-8-7-9-26-15)21-17-16(13)12(3)23-24(17)4/h7-10H,5-6,11,20H2,1-4H3,(H,22,25). The van der Waals surface area contributed by atoms with Crippen LogP contribution in [0.2, 0.25) is 0 Å². The number of nitrogens with one attached hydrogen (secondary N) is 1. The van der Waals surface area contributed by atoms with E-state index in [1.807, 2.05) is 51.4 Å². The van der Waals surface area contributed by atoms with E-state index in [2.05, 4.69) is 10.4 Å². The van der Waals surface area contributed by atoms with Crippen molar-refractivity contribution in [2.24, 2.45) is 12.8 Å². The molecule has 26 heavy (non-hydrogen) atoms. The monoisotopic (exact) mass is 371 g/mol. The van der Waals surface area contributed by atoms with Gasteiger partial charge in [0, 0.05) is 13.6 Å². The topological polar surface area (TPSA) is 85.8 Å². The van der Waals surface area contributed by atoms with Crippen LogP contribution in [0.25, 0.3) is 21.6 Å². The summed E-state index contributed by atoms with van der Waals surface area (Å²) in [7, 11) is 1.85. The molecule has 3 heterocycles. The molecular formula is C19H25N5OS. The Balaban J connectivity index is 2.16. The Morgan fingerprint density at radius 3 is 2.69 bits per heavy atom. The van der Waals surface area contributed by atoms with Gasteiger partial charge in [0.2, 0.25) is 0 Å². The van der Waals surface area contributed by atoms with Crippen molar-refractivity contribution in [2.45, 2.75) is 39.2 Å². The first-order valence-electron chi connectivity index (χ1n) is 8.85. The van der Waals surface area contributed by atoms with Crippen molar-refractivity contribution >= 4 is 28.3 Å². The van der Waals surface area contributed by atoms with Crippen LogP contribution >= 0.6 is 11.3 Å². The molecule has 0 radical (unpaired) electrons. The molecule has 3 aromatic rings. The van der Waals surface area contributed by atoms with Gasteiger partial charge in [-0.1, -0.05) is 19.9 Å². The molecule has 7 heteroatoms. The highest BCUT2D eigenvalue weighted by Gasteiger charge is 2.29. The molecule has 0 aliphatic heterocycles. The fraction of sp³-hybridized carbons (Fsp3) is 0.421. The van der Waals surface area contributed by atoms with Crippen molar-refractivity contribution in [1.82, 2.24) is 20.1 Å². The van der Waals surface area contributed by atoms with E-state index in [9.17, 15) is 4.79 Å². The Kier molecular flexibility index (Phi) is 5.11. The molecule has 1 amide bonds. The summed E-state index contributed by atoms with van der Waals surface area (Å²) >= 11 is 1.60. The van der Waals surface area contributed by atoms with Crippen molar-refractivity contribution in [1.29, 1.82) is 0 Å². The smallest absolute Gasteiger partial charge is 0.252 e. The molecule has 0 bridgehead atoms. The number of pyridine rings is 1. The third-order valence-corrected chi connectivity index (χ3v) is 6.00. The minimum Gasteiger partial charge on any atom is -0.345 e. The van der Waals surface area contributed by atoms with E-state index < -0.39 is 5.54 Å². The van der Waals surface area contributed by atoms with Gasteiger partial charge in [-0.3, -0.25) is 9.48 Å². The summed E-state index contributed by atoms with van der Waals surface area (Å²) in [5.74, 6) is -0.125. The van der Waals surface area contributed by atoms with Gasteiger partial charge in [0.1, 0.15) is 0 Å². The first-order chi connectivity index (χ1) is 12.4. The first kappa shape index (κ1) is 18.5. The molecule has 0 atom stereocenters. The zero-order valence-corrected chi connectivity index (χ0v) is 16.5. The van der Waals surface area contributed by atoms with Crippen LogP contribution < -0.4 is 11.1 Å². The fourth-order valence-corrected chi connectivity index (χ4v) is 3.94. The number of aromatic nitrogens is 3. The highest BCUT2D eigenvalue weighted by atomic mass is 32.1. The third kappa shape index (κ3) is 3.12. The van der Waals surface area contributed by atoms with Crippen LogP contribution in [0.4, 0.5) is 0 Å². The molecule has 0 aliphatic rings. The van der Waals surface area contributed by atoms with Crippen LogP contribution in [-0.2, 0) is 7.05 Å². The lowest BCUT2D eigenvalue weighted by atomic mass is 9.92. The molecule has 138 valence electrons. The quantitative estimate of drug-likeness (QED) is 0.696. The molecule has 0 unspecified atom stereocenters. The van der Waals surface area contributed by atoms with Gasteiger partial charge in [0.15, 0.2) is 5.65 Å². The molecule has 3 rings (SSSR count). The van der Waals surface area contributed by atoms with E-state index in [0.29, 0.717) is 17.8 Å². The highest BCUT2D eigenvalue weighted by molar-refractivity contribution is 7.13. The van der Waals surface area contributed by atoms with Gasteiger partial charge in [-0.15, -0.1) is 11.3 Å². The highest BCUT2D eigenvalue weighted by Crippen LogP contribution is 2.29. The van der Waals surface area contributed by atoms with Crippen molar-refractivity contribution < 1.29 is 4.79 Å². The van der Waals surface area contributed by atoms with E-state index in [0.717, 1.165) is 34.5 Å². The SMILES string of the molecule is CCC(CC)(CN)NC(=O)c1cc(-c2cccs2)nc2c1c(C)nn2C. The number of aryl methyl sites for hydroxylation is 2. The lowest BCUT2D eigenvalue weighted by Gasteiger charge is -2.31. The molecule has 0 spiro atoms. The number of hydrogen-bond acceptors (Lipinski definition) is 5. The average molecular weight is 372 g/mol. The second kappa shape index (κ2) is 7.17. The molecule has 0 fully saturated rings. The lowest BCUT2D eigenvalue weighted by Crippen LogP contribution is -2.52. The van der Waals surface area contributed by atoms with Crippen molar-refractivity contribution in [3.63, 3.8) is 0 Å². The Morgan fingerprint density at radius 2 is 2.12 bits per heavy atom. The second-order valence-corrected chi connectivity index (χ2v) is 7.53. The molecule has 6 nitrogen and oxygen atoms in total. The molecule has 3 N–H and O–H groups in total. The molecule has 0 saturated heterocycles. The number of nitrogens with zero attached hydrogens (tertiary/aromatic N) is 3. The third-order valence-electron chi connectivity index (χ3n) is 5.11. The number of carbonyl (C=O) groups excluding carboxylic acids is 1. The zero-order valence-electron chi connectivity index (χ0n) is 15.7. The van der Waals surface area contributed by atoms with Crippen LogP contribution in [0.1, 0.15) is 42.7 Å². The number of amides is 1. The van der Waals surface area contributed by atoms with E-state index in [1.54, 1.807) is 16.0 Å². The maximum absolute atomic E-state index is 13.2. The maximum Gasteiger partial charge on any atom is 0.252 e. The maximum atomic E-state index is 13.2. The Hall–Kier alpha value is -2.25. The van der Waals surface area contributed by atoms with Gasteiger partial charge in [-0.05, 0) is 37.3 Å². The zero-order chi connectivity index (χ0) is 18.9. The summed E-state index contributed by atoms with van der Waals surface area (Å²) in [6.07, 6.45) is 1.56. The molecule has 0 aromatic carbocycles. The normalized spacial score (nSPS) is 11.9. The lowest BCUT2D eigenvalue weighted by molar-refractivity contribution is 0.0897. The number of nitrogens with two attached hydrogens (primary N) is 1. The molecule has 3 aromatic heterocycles. The summed E-state index contributed by atoms with van der Waals surface area (Å²) in [6.45, 7) is 6.40. The van der Waals surface area contributed by atoms with Gasteiger partial charge in [-0.2, -0.15) is 5.10 Å². The van der Waals surface area contributed by atoms with Gasteiger partial charge in [-0.25, -0.2) is 4.98 Å². The van der Waals surface area contributed by atoms with Crippen LogP contribution in [0.15, 0.2) is 23.6 Å². The van der Waals surface area contributed by atoms with Gasteiger partial charge in [0.05, 0.1) is 32.8 Å². The van der Waals surface area contributed by atoms with Crippen LogP contribution in [-0.4, -0.2) is 32.8 Å². The summed E-state index contributed by atoms with van der Waals surface area (Å²) < 4.78 is 1.73.